The maximum atomic E-state index is 12.5. The molecule has 0 fully saturated rings. The molecule has 0 spiro atoms. The minimum atomic E-state index is -3.24. The SMILES string of the molecule is CCOP(=O)(COCC#CCOC(c1ccccc1)(c1ccccc1)c1ccccc1)OCC. The summed E-state index contributed by atoms with van der Waals surface area (Å²) in [5.74, 6) is 5.97. The predicted octanol–water partition coefficient (Wildman–Crippen LogP) is 6.24. The molecule has 6 heteroatoms. The lowest BCUT2D eigenvalue weighted by Crippen LogP contribution is -2.33. The Hall–Kier alpha value is -2.71. The van der Waals surface area contributed by atoms with E-state index in [0.717, 1.165) is 16.7 Å². The standard InChI is InChI=1S/C28H31O5P/c1-3-32-34(29,33-4-2)24-30-22-14-15-23-31-28(25-16-8-5-9-17-25,26-18-10-6-11-19-26)27-20-12-7-13-21-27/h5-13,16-21H,3-4,22-24H2,1-2H3. The molecule has 5 nitrogen and oxygen atoms in total. The van der Waals surface area contributed by atoms with E-state index in [4.69, 9.17) is 18.5 Å². The highest BCUT2D eigenvalue weighted by atomic mass is 31.2. The topological polar surface area (TPSA) is 54.0 Å². The minimum absolute atomic E-state index is 0.0997. The van der Waals surface area contributed by atoms with Crippen molar-refractivity contribution in [3.8, 4) is 11.8 Å². The van der Waals surface area contributed by atoms with E-state index in [2.05, 4.69) is 48.2 Å². The second kappa shape index (κ2) is 13.2. The molecule has 0 atom stereocenters. The van der Waals surface area contributed by atoms with E-state index in [9.17, 15) is 4.57 Å². The van der Waals surface area contributed by atoms with Crippen LogP contribution in [0.3, 0.4) is 0 Å². The lowest BCUT2D eigenvalue weighted by molar-refractivity contribution is 0.0352. The van der Waals surface area contributed by atoms with Crippen LogP contribution in [-0.4, -0.2) is 32.8 Å². The van der Waals surface area contributed by atoms with Gasteiger partial charge in [-0.2, -0.15) is 0 Å². The molecule has 0 N–H and O–H groups in total. The second-order valence-electron chi connectivity index (χ2n) is 7.35. The van der Waals surface area contributed by atoms with Crippen LogP contribution >= 0.6 is 7.60 Å². The van der Waals surface area contributed by atoms with Crippen molar-refractivity contribution in [3.05, 3.63) is 108 Å². The number of hydrogen-bond donors (Lipinski definition) is 0. The molecular weight excluding hydrogens is 447 g/mol. The van der Waals surface area contributed by atoms with E-state index in [0.29, 0.717) is 13.2 Å². The van der Waals surface area contributed by atoms with Gasteiger partial charge in [0, 0.05) is 0 Å². The molecule has 3 rings (SSSR count). The monoisotopic (exact) mass is 478 g/mol. The maximum absolute atomic E-state index is 12.5. The normalized spacial score (nSPS) is 11.6. The Labute approximate surface area is 202 Å². The van der Waals surface area contributed by atoms with Gasteiger partial charge in [-0.1, -0.05) is 103 Å². The van der Waals surface area contributed by atoms with Crippen LogP contribution in [0.2, 0.25) is 0 Å². The molecule has 0 aliphatic rings. The van der Waals surface area contributed by atoms with Crippen molar-refractivity contribution in [2.45, 2.75) is 19.4 Å². The van der Waals surface area contributed by atoms with Crippen LogP contribution in [0.25, 0.3) is 0 Å². The molecule has 0 aliphatic heterocycles. The first-order chi connectivity index (χ1) is 16.6. The van der Waals surface area contributed by atoms with E-state index in [1.165, 1.54) is 0 Å². The van der Waals surface area contributed by atoms with E-state index in [-0.39, 0.29) is 19.6 Å². The van der Waals surface area contributed by atoms with Gasteiger partial charge >= 0.3 is 7.60 Å². The summed E-state index contributed by atoms with van der Waals surface area (Å²) in [6, 6.07) is 30.4. The molecule has 0 unspecified atom stereocenters. The Kier molecular flexibility index (Phi) is 10.1. The minimum Gasteiger partial charge on any atom is -0.356 e. The summed E-state index contributed by atoms with van der Waals surface area (Å²) in [4.78, 5) is 0. The number of benzene rings is 3. The molecule has 3 aromatic carbocycles. The average Bonchev–Trinajstić information content (AvgIpc) is 2.88. The van der Waals surface area contributed by atoms with Crippen molar-refractivity contribution >= 4 is 7.60 Å². The quantitative estimate of drug-likeness (QED) is 0.134. The summed E-state index contributed by atoms with van der Waals surface area (Å²) >= 11 is 0. The third kappa shape index (κ3) is 6.67. The molecule has 0 aromatic heterocycles. The molecule has 0 saturated heterocycles. The average molecular weight is 479 g/mol. The zero-order valence-electron chi connectivity index (χ0n) is 19.7. The van der Waals surface area contributed by atoms with Gasteiger partial charge in [-0.3, -0.25) is 4.57 Å². The van der Waals surface area contributed by atoms with E-state index < -0.39 is 13.2 Å². The third-order valence-electron chi connectivity index (χ3n) is 5.10. The van der Waals surface area contributed by atoms with Crippen LogP contribution in [0.5, 0.6) is 0 Å². The fourth-order valence-corrected chi connectivity index (χ4v) is 5.05. The lowest BCUT2D eigenvalue weighted by atomic mass is 9.80. The summed E-state index contributed by atoms with van der Waals surface area (Å²) in [7, 11) is -3.24. The van der Waals surface area contributed by atoms with Gasteiger partial charge in [0.2, 0.25) is 0 Å². The van der Waals surface area contributed by atoms with Crippen molar-refractivity contribution in [2.75, 3.05) is 32.8 Å². The van der Waals surface area contributed by atoms with E-state index in [1.807, 2.05) is 54.6 Å². The Morgan fingerprint density at radius 1 is 0.676 bits per heavy atom. The molecule has 34 heavy (non-hydrogen) atoms. The van der Waals surface area contributed by atoms with Gasteiger partial charge in [0.1, 0.15) is 25.2 Å². The predicted molar refractivity (Wildman–Crippen MR) is 135 cm³/mol. The Morgan fingerprint density at radius 3 is 1.50 bits per heavy atom. The zero-order valence-corrected chi connectivity index (χ0v) is 20.6. The molecule has 178 valence electrons. The molecule has 0 radical (unpaired) electrons. The summed E-state index contributed by atoms with van der Waals surface area (Å²) in [6.45, 7) is 4.39. The smallest absolute Gasteiger partial charge is 0.356 e. The van der Waals surface area contributed by atoms with Crippen molar-refractivity contribution in [2.24, 2.45) is 0 Å². The van der Waals surface area contributed by atoms with E-state index >= 15 is 0 Å². The largest absolute Gasteiger partial charge is 0.356 e. The Morgan fingerprint density at radius 2 is 1.09 bits per heavy atom. The zero-order chi connectivity index (χ0) is 24.1. The van der Waals surface area contributed by atoms with E-state index in [1.54, 1.807) is 13.8 Å². The van der Waals surface area contributed by atoms with Crippen molar-refractivity contribution in [1.29, 1.82) is 0 Å². The van der Waals surface area contributed by atoms with Crippen LogP contribution in [0.15, 0.2) is 91.0 Å². The molecule has 0 aliphatic carbocycles. The van der Waals surface area contributed by atoms with Gasteiger partial charge in [0.05, 0.1) is 13.2 Å². The van der Waals surface area contributed by atoms with Crippen molar-refractivity contribution in [3.63, 3.8) is 0 Å². The highest BCUT2D eigenvalue weighted by Gasteiger charge is 2.37. The van der Waals surface area contributed by atoms with Gasteiger partial charge in [0.25, 0.3) is 0 Å². The summed E-state index contributed by atoms with van der Waals surface area (Å²) in [5.41, 5.74) is 2.22. The van der Waals surface area contributed by atoms with Gasteiger partial charge in [0.15, 0.2) is 0 Å². The summed E-state index contributed by atoms with van der Waals surface area (Å²) in [5, 5.41) is 0. The van der Waals surface area contributed by atoms with Crippen LogP contribution in [0.4, 0.5) is 0 Å². The second-order valence-corrected chi connectivity index (χ2v) is 9.34. The van der Waals surface area contributed by atoms with Gasteiger partial charge in [-0.05, 0) is 30.5 Å². The summed E-state index contributed by atoms with van der Waals surface area (Å²) < 4.78 is 34.9. The van der Waals surface area contributed by atoms with Crippen LogP contribution < -0.4 is 0 Å². The molecular formula is C28H31O5P. The molecule has 0 saturated carbocycles. The number of hydrogen-bond acceptors (Lipinski definition) is 5. The Bertz CT molecular complexity index is 984. The Balaban J connectivity index is 1.79. The van der Waals surface area contributed by atoms with Gasteiger partial charge < -0.3 is 18.5 Å². The van der Waals surface area contributed by atoms with Crippen LogP contribution in [0, 0.1) is 11.8 Å². The van der Waals surface area contributed by atoms with Gasteiger partial charge in [-0.25, -0.2) is 0 Å². The highest BCUT2D eigenvalue weighted by molar-refractivity contribution is 7.53. The first-order valence-corrected chi connectivity index (χ1v) is 13.1. The first kappa shape index (κ1) is 25.9. The number of rotatable bonds is 12. The third-order valence-corrected chi connectivity index (χ3v) is 6.90. The molecule has 0 heterocycles. The van der Waals surface area contributed by atoms with Crippen molar-refractivity contribution in [1.82, 2.24) is 0 Å². The highest BCUT2D eigenvalue weighted by Crippen LogP contribution is 2.47. The van der Waals surface area contributed by atoms with Gasteiger partial charge in [-0.15, -0.1) is 0 Å². The first-order valence-electron chi connectivity index (χ1n) is 11.4. The van der Waals surface area contributed by atoms with Crippen LogP contribution in [0.1, 0.15) is 30.5 Å². The number of ether oxygens (including phenoxy) is 2. The molecule has 0 bridgehead atoms. The maximum Gasteiger partial charge on any atom is 0.356 e. The van der Waals surface area contributed by atoms with Crippen LogP contribution in [-0.2, 0) is 28.7 Å². The fraction of sp³-hybridized carbons (Fsp3) is 0.286. The lowest BCUT2D eigenvalue weighted by Gasteiger charge is -2.35. The summed E-state index contributed by atoms with van der Waals surface area (Å²) in [6.07, 6.45) is -0.133. The fourth-order valence-electron chi connectivity index (χ4n) is 3.73. The molecule has 0 amide bonds. The molecule has 3 aromatic rings. The van der Waals surface area contributed by atoms with Crippen molar-refractivity contribution < 1.29 is 23.1 Å².